The highest BCUT2D eigenvalue weighted by atomic mass is 16.1. The first-order valence-electron chi connectivity index (χ1n) is 7.18. The van der Waals surface area contributed by atoms with E-state index < -0.39 is 0 Å². The van der Waals surface area contributed by atoms with Crippen LogP contribution in [0.1, 0.15) is 21.5 Å². The van der Waals surface area contributed by atoms with Crippen LogP contribution < -0.4 is 4.90 Å². The van der Waals surface area contributed by atoms with Gasteiger partial charge in [0.15, 0.2) is 5.78 Å². The van der Waals surface area contributed by atoms with Gasteiger partial charge in [-0.3, -0.25) is 4.79 Å². The fraction of sp³-hybridized carbons (Fsp3) is 0.278. The standard InChI is InChI=1S/C18H17NO/c1-19-16-9-5-4-8-14(16)18(20)15-10-12-6-2-3-7-13(12)11-17(15)19/h2-9,15,17H,10-11H2,1H3/t15-,17-/m1/s1. The van der Waals surface area contributed by atoms with Crippen LogP contribution in [0.3, 0.4) is 0 Å². The monoisotopic (exact) mass is 263 g/mol. The number of fused-ring (bicyclic) bond motifs is 3. The van der Waals surface area contributed by atoms with Gasteiger partial charge in [-0.25, -0.2) is 0 Å². The molecule has 0 fully saturated rings. The highest BCUT2D eigenvalue weighted by molar-refractivity contribution is 6.05. The van der Waals surface area contributed by atoms with Crippen molar-refractivity contribution in [3.05, 3.63) is 65.2 Å². The summed E-state index contributed by atoms with van der Waals surface area (Å²) in [4.78, 5) is 15.1. The zero-order valence-electron chi connectivity index (χ0n) is 11.5. The van der Waals surface area contributed by atoms with Crippen molar-refractivity contribution < 1.29 is 4.79 Å². The molecule has 0 bridgehead atoms. The lowest BCUT2D eigenvalue weighted by molar-refractivity contribution is 0.0882. The van der Waals surface area contributed by atoms with Crippen molar-refractivity contribution in [3.63, 3.8) is 0 Å². The molecule has 2 heteroatoms. The van der Waals surface area contributed by atoms with Gasteiger partial charge in [-0.15, -0.1) is 0 Å². The molecule has 0 radical (unpaired) electrons. The number of hydrogen-bond donors (Lipinski definition) is 0. The van der Waals surface area contributed by atoms with Crippen molar-refractivity contribution in [2.45, 2.75) is 18.9 Å². The number of likely N-dealkylation sites (N-methyl/N-ethyl adjacent to an activating group) is 1. The molecule has 2 aromatic rings. The quantitative estimate of drug-likeness (QED) is 0.728. The number of carbonyl (C=O) groups is 1. The first-order valence-corrected chi connectivity index (χ1v) is 7.18. The summed E-state index contributed by atoms with van der Waals surface area (Å²) >= 11 is 0. The largest absolute Gasteiger partial charge is 0.370 e. The number of anilines is 1. The maximum Gasteiger partial charge on any atom is 0.170 e. The van der Waals surface area contributed by atoms with E-state index in [4.69, 9.17) is 0 Å². The molecule has 0 unspecified atom stereocenters. The van der Waals surface area contributed by atoms with Crippen molar-refractivity contribution in [1.29, 1.82) is 0 Å². The van der Waals surface area contributed by atoms with E-state index in [0.29, 0.717) is 11.8 Å². The van der Waals surface area contributed by atoms with Crippen LogP contribution in [-0.4, -0.2) is 18.9 Å². The van der Waals surface area contributed by atoms with Crippen LogP contribution in [0.25, 0.3) is 0 Å². The number of hydrogen-bond acceptors (Lipinski definition) is 2. The van der Waals surface area contributed by atoms with Gasteiger partial charge < -0.3 is 4.90 Å². The van der Waals surface area contributed by atoms with Gasteiger partial charge >= 0.3 is 0 Å². The second kappa shape index (κ2) is 4.20. The van der Waals surface area contributed by atoms with Crippen molar-refractivity contribution >= 4 is 11.5 Å². The Labute approximate surface area is 119 Å². The Bertz CT molecular complexity index is 691. The van der Waals surface area contributed by atoms with E-state index >= 15 is 0 Å². The Morgan fingerprint density at radius 1 is 0.950 bits per heavy atom. The Hall–Kier alpha value is -2.09. The molecule has 0 amide bonds. The molecule has 2 aromatic carbocycles. The van der Waals surface area contributed by atoms with E-state index in [9.17, 15) is 4.79 Å². The summed E-state index contributed by atoms with van der Waals surface area (Å²) in [5.41, 5.74) is 4.71. The predicted molar refractivity (Wildman–Crippen MR) is 80.3 cm³/mol. The molecule has 1 aliphatic heterocycles. The molecule has 20 heavy (non-hydrogen) atoms. The maximum absolute atomic E-state index is 12.8. The van der Waals surface area contributed by atoms with E-state index in [0.717, 1.165) is 24.1 Å². The van der Waals surface area contributed by atoms with Crippen LogP contribution >= 0.6 is 0 Å². The van der Waals surface area contributed by atoms with Crippen LogP contribution in [-0.2, 0) is 12.8 Å². The molecule has 2 nitrogen and oxygen atoms in total. The number of nitrogens with zero attached hydrogens (tertiary/aromatic N) is 1. The van der Waals surface area contributed by atoms with Crippen LogP contribution in [0.5, 0.6) is 0 Å². The number of benzene rings is 2. The topological polar surface area (TPSA) is 20.3 Å². The van der Waals surface area contributed by atoms with Crippen LogP contribution in [0, 0.1) is 5.92 Å². The molecule has 1 aliphatic carbocycles. The van der Waals surface area contributed by atoms with Crippen LogP contribution in [0.2, 0.25) is 0 Å². The minimum Gasteiger partial charge on any atom is -0.370 e. The van der Waals surface area contributed by atoms with Gasteiger partial charge in [-0.05, 0) is 36.1 Å². The van der Waals surface area contributed by atoms with Crippen LogP contribution in [0.4, 0.5) is 5.69 Å². The molecule has 0 saturated heterocycles. The van der Waals surface area contributed by atoms with Gasteiger partial charge in [0.25, 0.3) is 0 Å². The number of para-hydroxylation sites is 1. The molecule has 0 saturated carbocycles. The fourth-order valence-corrected chi connectivity index (χ4v) is 3.74. The summed E-state index contributed by atoms with van der Waals surface area (Å²) in [6.07, 6.45) is 1.84. The summed E-state index contributed by atoms with van der Waals surface area (Å²) in [6, 6.07) is 16.8. The third-order valence-electron chi connectivity index (χ3n) is 4.84. The lowest BCUT2D eigenvalue weighted by Crippen LogP contribution is -2.50. The third-order valence-corrected chi connectivity index (χ3v) is 4.84. The van der Waals surface area contributed by atoms with E-state index in [-0.39, 0.29) is 5.92 Å². The molecule has 2 atom stereocenters. The molecular weight excluding hydrogens is 246 g/mol. The zero-order valence-corrected chi connectivity index (χ0v) is 11.5. The van der Waals surface area contributed by atoms with Crippen LogP contribution in [0.15, 0.2) is 48.5 Å². The van der Waals surface area contributed by atoms with Crippen molar-refractivity contribution in [2.75, 3.05) is 11.9 Å². The van der Waals surface area contributed by atoms with Gasteiger partial charge in [-0.2, -0.15) is 0 Å². The molecule has 1 heterocycles. The number of rotatable bonds is 0. The molecule has 2 aliphatic rings. The van der Waals surface area contributed by atoms with E-state index in [1.807, 2.05) is 18.2 Å². The molecule has 0 spiro atoms. The maximum atomic E-state index is 12.8. The molecule has 0 aromatic heterocycles. The smallest absolute Gasteiger partial charge is 0.170 e. The van der Waals surface area contributed by atoms with Crippen molar-refractivity contribution in [2.24, 2.45) is 5.92 Å². The lowest BCUT2D eigenvalue weighted by Gasteiger charge is -2.43. The number of carbonyl (C=O) groups excluding carboxylic acids is 1. The Kier molecular flexibility index (Phi) is 2.46. The number of ketones is 1. The first kappa shape index (κ1) is 11.7. The predicted octanol–water partition coefficient (Wildman–Crippen LogP) is 3.10. The molecule has 0 N–H and O–H groups in total. The second-order valence-electron chi connectivity index (χ2n) is 5.84. The average molecular weight is 263 g/mol. The lowest BCUT2D eigenvalue weighted by atomic mass is 9.73. The SMILES string of the molecule is CN1c2ccccc2C(=O)[C@@H]2Cc3ccccc3C[C@H]21. The van der Waals surface area contributed by atoms with Gasteiger partial charge in [0.05, 0.1) is 0 Å². The zero-order chi connectivity index (χ0) is 13.7. The summed E-state index contributed by atoms with van der Waals surface area (Å²) in [7, 11) is 2.12. The van der Waals surface area contributed by atoms with Gasteiger partial charge in [-0.1, -0.05) is 36.4 Å². The summed E-state index contributed by atoms with van der Waals surface area (Å²) < 4.78 is 0. The van der Waals surface area contributed by atoms with Gasteiger partial charge in [0, 0.05) is 30.3 Å². The molecule has 4 rings (SSSR count). The van der Waals surface area contributed by atoms with E-state index in [1.54, 1.807) is 0 Å². The summed E-state index contributed by atoms with van der Waals surface area (Å²) in [5, 5.41) is 0. The highest BCUT2D eigenvalue weighted by Crippen LogP contribution is 2.39. The molecule has 100 valence electrons. The Balaban J connectivity index is 1.82. The fourth-order valence-electron chi connectivity index (χ4n) is 3.74. The second-order valence-corrected chi connectivity index (χ2v) is 5.84. The summed E-state index contributed by atoms with van der Waals surface area (Å²) in [6.45, 7) is 0. The average Bonchev–Trinajstić information content (AvgIpc) is 2.51. The third kappa shape index (κ3) is 1.54. The van der Waals surface area contributed by atoms with E-state index in [1.165, 1.54) is 11.1 Å². The van der Waals surface area contributed by atoms with Gasteiger partial charge in [0.2, 0.25) is 0 Å². The Morgan fingerprint density at radius 3 is 2.40 bits per heavy atom. The van der Waals surface area contributed by atoms with Gasteiger partial charge in [0.1, 0.15) is 0 Å². The number of Topliss-reactive ketones (excluding diaryl/α,β-unsaturated/α-hetero) is 1. The summed E-state index contributed by atoms with van der Waals surface area (Å²) in [5.74, 6) is 0.419. The first-order chi connectivity index (χ1) is 9.75. The normalized spacial score (nSPS) is 23.9. The highest BCUT2D eigenvalue weighted by Gasteiger charge is 2.41. The van der Waals surface area contributed by atoms with Crippen molar-refractivity contribution in [1.82, 2.24) is 0 Å². The Morgan fingerprint density at radius 2 is 1.60 bits per heavy atom. The molecular formula is C18H17NO. The minimum absolute atomic E-state index is 0.102. The van der Waals surface area contributed by atoms with Crippen molar-refractivity contribution in [3.8, 4) is 0 Å². The minimum atomic E-state index is 0.102. The van der Waals surface area contributed by atoms with E-state index in [2.05, 4.69) is 42.3 Å².